The minimum atomic E-state index is -0.282. The van der Waals surface area contributed by atoms with Crippen LogP contribution in [0.4, 0.5) is 10.1 Å². The number of hydrogen-bond donors (Lipinski definition) is 1. The Morgan fingerprint density at radius 2 is 1.64 bits per heavy atom. The molecule has 0 saturated carbocycles. The Labute approximate surface area is 147 Å². The fourth-order valence-electron chi connectivity index (χ4n) is 2.37. The van der Waals surface area contributed by atoms with Gasteiger partial charge in [-0.1, -0.05) is 18.2 Å². The van der Waals surface area contributed by atoms with E-state index in [0.717, 1.165) is 0 Å². The van der Waals surface area contributed by atoms with Crippen molar-refractivity contribution in [2.24, 2.45) is 0 Å². The van der Waals surface area contributed by atoms with E-state index in [2.05, 4.69) is 5.32 Å². The van der Waals surface area contributed by atoms with Gasteiger partial charge in [0.1, 0.15) is 5.82 Å². The van der Waals surface area contributed by atoms with Crippen LogP contribution in [0.5, 0.6) is 0 Å². The van der Waals surface area contributed by atoms with Crippen molar-refractivity contribution in [3.63, 3.8) is 0 Å². The van der Waals surface area contributed by atoms with Crippen LogP contribution in [0.2, 0.25) is 0 Å². The number of nitrogens with one attached hydrogen (secondary N) is 1. The molecule has 0 spiro atoms. The number of carbonyl (C=O) groups excluding carboxylic acids is 2. The number of likely N-dealkylation sites (N-methyl/N-ethyl adjacent to an activating group) is 1. The highest BCUT2D eigenvalue weighted by Crippen LogP contribution is 2.12. The molecule has 0 aliphatic heterocycles. The minimum absolute atomic E-state index is 0.0949. The van der Waals surface area contributed by atoms with Crippen LogP contribution in [0.15, 0.2) is 48.5 Å². The normalized spacial score (nSPS) is 10.6. The highest BCUT2D eigenvalue weighted by molar-refractivity contribution is 5.95. The van der Waals surface area contributed by atoms with Crippen molar-refractivity contribution in [3.8, 4) is 0 Å². The third kappa shape index (κ3) is 5.39. The number of anilines is 1. The van der Waals surface area contributed by atoms with E-state index < -0.39 is 0 Å². The van der Waals surface area contributed by atoms with Crippen molar-refractivity contribution >= 4 is 17.5 Å². The first-order valence-electron chi connectivity index (χ1n) is 7.90. The Kier molecular flexibility index (Phi) is 6.25. The van der Waals surface area contributed by atoms with E-state index in [1.807, 2.05) is 0 Å². The van der Waals surface area contributed by atoms with Crippen LogP contribution in [-0.2, 0) is 11.3 Å². The maximum Gasteiger partial charge on any atom is 0.253 e. The molecular formula is C19H22FN3O2. The van der Waals surface area contributed by atoms with Crippen molar-refractivity contribution in [1.29, 1.82) is 0 Å². The minimum Gasteiger partial charge on any atom is -0.345 e. The third-order valence-electron chi connectivity index (χ3n) is 3.63. The Morgan fingerprint density at radius 3 is 2.24 bits per heavy atom. The molecular weight excluding hydrogens is 321 g/mol. The van der Waals surface area contributed by atoms with Gasteiger partial charge in [0.2, 0.25) is 5.91 Å². The number of carbonyl (C=O) groups is 2. The summed E-state index contributed by atoms with van der Waals surface area (Å²) in [4.78, 5) is 27.2. The predicted molar refractivity (Wildman–Crippen MR) is 95.8 cm³/mol. The Morgan fingerprint density at radius 1 is 1.00 bits per heavy atom. The van der Waals surface area contributed by atoms with Crippen LogP contribution in [0.3, 0.4) is 0 Å². The van der Waals surface area contributed by atoms with Gasteiger partial charge in [0.15, 0.2) is 0 Å². The molecule has 0 aliphatic rings. The zero-order valence-corrected chi connectivity index (χ0v) is 14.6. The maximum atomic E-state index is 13.6. The zero-order chi connectivity index (χ0) is 18.4. The second-order valence-corrected chi connectivity index (χ2v) is 6.09. The monoisotopic (exact) mass is 343 g/mol. The molecule has 2 aromatic carbocycles. The van der Waals surface area contributed by atoms with Gasteiger partial charge in [-0.05, 0) is 37.4 Å². The summed E-state index contributed by atoms with van der Waals surface area (Å²) in [5, 5.41) is 2.77. The summed E-state index contributed by atoms with van der Waals surface area (Å²) in [6.45, 7) is 0.475. The average molecular weight is 343 g/mol. The molecule has 0 unspecified atom stereocenters. The second-order valence-electron chi connectivity index (χ2n) is 6.09. The summed E-state index contributed by atoms with van der Waals surface area (Å²) in [6, 6.07) is 13.2. The number of halogens is 1. The summed E-state index contributed by atoms with van der Waals surface area (Å²) in [5.74, 6) is -0.580. The summed E-state index contributed by atoms with van der Waals surface area (Å²) in [7, 11) is 5.12. The number of hydrogen-bond acceptors (Lipinski definition) is 3. The van der Waals surface area contributed by atoms with Crippen LogP contribution in [-0.4, -0.2) is 49.3 Å². The largest absolute Gasteiger partial charge is 0.345 e. The van der Waals surface area contributed by atoms with Gasteiger partial charge in [0.05, 0.1) is 6.54 Å². The standard InChI is InChI=1S/C19H22FN3O2/c1-22(2)19(25)14-8-10-16(11-9-14)21-18(24)13-23(3)12-15-6-4-5-7-17(15)20/h4-11H,12-13H2,1-3H3,(H,21,24). The lowest BCUT2D eigenvalue weighted by atomic mass is 10.2. The van der Waals surface area contributed by atoms with Crippen molar-refractivity contribution in [2.75, 3.05) is 33.0 Å². The SMILES string of the molecule is CN(CC(=O)Nc1ccc(C(=O)N(C)C)cc1)Cc1ccccc1F. The molecule has 1 N–H and O–H groups in total. The molecule has 5 nitrogen and oxygen atoms in total. The van der Waals surface area contributed by atoms with E-state index in [9.17, 15) is 14.0 Å². The van der Waals surface area contributed by atoms with Gasteiger partial charge in [-0.3, -0.25) is 14.5 Å². The molecule has 0 heterocycles. The number of rotatable bonds is 6. The summed E-state index contributed by atoms with van der Waals surface area (Å²) >= 11 is 0. The van der Waals surface area contributed by atoms with E-state index in [1.165, 1.54) is 11.0 Å². The van der Waals surface area contributed by atoms with Gasteiger partial charge >= 0.3 is 0 Å². The molecule has 0 bridgehead atoms. The van der Waals surface area contributed by atoms with Crippen LogP contribution in [0.1, 0.15) is 15.9 Å². The van der Waals surface area contributed by atoms with E-state index in [4.69, 9.17) is 0 Å². The van der Waals surface area contributed by atoms with Crippen LogP contribution in [0.25, 0.3) is 0 Å². The second kappa shape index (κ2) is 8.39. The molecule has 6 heteroatoms. The van der Waals surface area contributed by atoms with Gasteiger partial charge in [0, 0.05) is 37.5 Å². The third-order valence-corrected chi connectivity index (χ3v) is 3.63. The number of amides is 2. The van der Waals surface area contributed by atoms with Crippen molar-refractivity contribution in [3.05, 3.63) is 65.5 Å². The van der Waals surface area contributed by atoms with E-state index in [1.54, 1.807) is 68.5 Å². The lowest BCUT2D eigenvalue weighted by Crippen LogP contribution is -2.30. The van der Waals surface area contributed by atoms with Crippen LogP contribution >= 0.6 is 0 Å². The molecule has 0 saturated heterocycles. The Balaban J connectivity index is 1.89. The molecule has 0 aliphatic carbocycles. The number of benzene rings is 2. The van der Waals surface area contributed by atoms with Crippen molar-refractivity contribution in [1.82, 2.24) is 9.80 Å². The fourth-order valence-corrected chi connectivity index (χ4v) is 2.37. The highest BCUT2D eigenvalue weighted by atomic mass is 19.1. The quantitative estimate of drug-likeness (QED) is 0.877. The molecule has 25 heavy (non-hydrogen) atoms. The van der Waals surface area contributed by atoms with Crippen LogP contribution < -0.4 is 5.32 Å². The molecule has 0 fully saturated rings. The van der Waals surface area contributed by atoms with Gasteiger partial charge in [-0.2, -0.15) is 0 Å². The number of nitrogens with zero attached hydrogens (tertiary/aromatic N) is 2. The molecule has 2 aromatic rings. The van der Waals surface area contributed by atoms with E-state index >= 15 is 0 Å². The van der Waals surface area contributed by atoms with Crippen molar-refractivity contribution < 1.29 is 14.0 Å². The molecule has 0 atom stereocenters. The molecule has 0 radical (unpaired) electrons. The smallest absolute Gasteiger partial charge is 0.253 e. The first kappa shape index (κ1) is 18.6. The lowest BCUT2D eigenvalue weighted by molar-refractivity contribution is -0.117. The predicted octanol–water partition coefficient (Wildman–Crippen LogP) is 2.60. The van der Waals surface area contributed by atoms with E-state index in [0.29, 0.717) is 23.4 Å². The topological polar surface area (TPSA) is 52.7 Å². The van der Waals surface area contributed by atoms with Crippen molar-refractivity contribution in [2.45, 2.75) is 6.54 Å². The summed E-state index contributed by atoms with van der Waals surface area (Å²) in [5.41, 5.74) is 1.71. The van der Waals surface area contributed by atoms with E-state index in [-0.39, 0.29) is 24.2 Å². The lowest BCUT2D eigenvalue weighted by Gasteiger charge is -2.17. The Bertz CT molecular complexity index is 745. The average Bonchev–Trinajstić information content (AvgIpc) is 2.56. The molecule has 132 valence electrons. The first-order chi connectivity index (χ1) is 11.9. The van der Waals surface area contributed by atoms with Gasteiger partial charge in [-0.25, -0.2) is 4.39 Å². The fraction of sp³-hybridized carbons (Fsp3) is 0.263. The van der Waals surface area contributed by atoms with Gasteiger partial charge < -0.3 is 10.2 Å². The summed E-state index contributed by atoms with van der Waals surface area (Å²) < 4.78 is 13.6. The zero-order valence-electron chi connectivity index (χ0n) is 14.6. The van der Waals surface area contributed by atoms with Crippen LogP contribution in [0, 0.1) is 5.82 Å². The van der Waals surface area contributed by atoms with Gasteiger partial charge in [0.25, 0.3) is 5.91 Å². The maximum absolute atomic E-state index is 13.6. The van der Waals surface area contributed by atoms with Gasteiger partial charge in [-0.15, -0.1) is 0 Å². The Hall–Kier alpha value is -2.73. The first-order valence-corrected chi connectivity index (χ1v) is 7.90. The molecule has 2 amide bonds. The summed E-state index contributed by atoms with van der Waals surface area (Å²) in [6.07, 6.45) is 0. The molecule has 0 aromatic heterocycles. The molecule has 2 rings (SSSR count). The highest BCUT2D eigenvalue weighted by Gasteiger charge is 2.11.